The van der Waals surface area contributed by atoms with Gasteiger partial charge in [-0.05, 0) is 48.4 Å². The zero-order valence-electron chi connectivity index (χ0n) is 18.9. The Morgan fingerprint density at radius 1 is 1.14 bits per heavy atom. The molecule has 9 heteroatoms. The Bertz CT molecular complexity index is 1350. The Labute approximate surface area is 199 Å². The van der Waals surface area contributed by atoms with Crippen molar-refractivity contribution in [2.24, 2.45) is 5.73 Å². The lowest BCUT2D eigenvalue weighted by Crippen LogP contribution is -2.09. The zero-order chi connectivity index (χ0) is 25.0. The second-order valence-corrected chi connectivity index (χ2v) is 7.79. The van der Waals surface area contributed by atoms with Crippen molar-refractivity contribution in [1.29, 1.82) is 0 Å². The number of ether oxygens (including phenoxy) is 2. The van der Waals surface area contributed by atoms with Gasteiger partial charge in [0.2, 0.25) is 0 Å². The molecule has 0 aliphatic heterocycles. The summed E-state index contributed by atoms with van der Waals surface area (Å²) in [6.45, 7) is 2.14. The molecule has 2 N–H and O–H groups in total. The molecule has 0 bridgehead atoms. The topological polar surface area (TPSA) is 87.6 Å². The van der Waals surface area contributed by atoms with E-state index in [1.807, 2.05) is 0 Å². The van der Waals surface area contributed by atoms with Crippen LogP contribution in [0.4, 0.5) is 13.2 Å². The van der Waals surface area contributed by atoms with E-state index < -0.39 is 17.7 Å². The number of halogens is 3. The summed E-state index contributed by atoms with van der Waals surface area (Å²) in [5.41, 5.74) is 7.73. The number of nitrogens with zero attached hydrogens (tertiary/aromatic N) is 1. The third-order valence-corrected chi connectivity index (χ3v) is 5.38. The highest BCUT2D eigenvalue weighted by atomic mass is 19.4. The van der Waals surface area contributed by atoms with Crippen LogP contribution >= 0.6 is 0 Å². The van der Waals surface area contributed by atoms with Crippen molar-refractivity contribution in [3.05, 3.63) is 83.4 Å². The van der Waals surface area contributed by atoms with Crippen LogP contribution < -0.4 is 10.5 Å². The lowest BCUT2D eigenvalue weighted by Gasteiger charge is -2.13. The molecular weight excluding hydrogens is 461 g/mol. The van der Waals surface area contributed by atoms with Crippen molar-refractivity contribution in [3.8, 4) is 16.9 Å². The number of para-hydroxylation sites is 1. The summed E-state index contributed by atoms with van der Waals surface area (Å²) in [5.74, 6) is 0.0497. The van der Waals surface area contributed by atoms with Gasteiger partial charge in [-0.25, -0.2) is 0 Å². The summed E-state index contributed by atoms with van der Waals surface area (Å²) in [4.78, 5) is 16.1. The molecule has 0 spiro atoms. The van der Waals surface area contributed by atoms with Gasteiger partial charge in [0.15, 0.2) is 0 Å². The number of alkyl halides is 3. The molecule has 0 atom stereocenters. The van der Waals surface area contributed by atoms with Crippen molar-refractivity contribution < 1.29 is 31.9 Å². The molecular formula is C26H23F3N2O4. The summed E-state index contributed by atoms with van der Waals surface area (Å²) in [5, 5.41) is -0.0699. The summed E-state index contributed by atoms with van der Waals surface area (Å²) in [6, 6.07) is 13.5. The van der Waals surface area contributed by atoms with E-state index >= 15 is 0 Å². The number of carbonyl (C=O) groups is 1. The molecule has 4 rings (SSSR count). The van der Waals surface area contributed by atoms with E-state index in [0.29, 0.717) is 33.7 Å². The van der Waals surface area contributed by atoms with E-state index in [1.54, 1.807) is 55.6 Å². The van der Waals surface area contributed by atoms with Gasteiger partial charge in [0.25, 0.3) is 0 Å². The summed E-state index contributed by atoms with van der Waals surface area (Å²) in [7, 11) is 0. The smallest absolute Gasteiger partial charge is 0.420 e. The van der Waals surface area contributed by atoms with Crippen LogP contribution in [0.5, 0.6) is 5.75 Å². The molecule has 2 heterocycles. The Hall–Kier alpha value is -3.85. The number of benzene rings is 2. The minimum absolute atomic E-state index is 0.0210. The van der Waals surface area contributed by atoms with Gasteiger partial charge in [0.1, 0.15) is 29.8 Å². The molecule has 2 aromatic heterocycles. The van der Waals surface area contributed by atoms with Crippen LogP contribution in [0.2, 0.25) is 0 Å². The van der Waals surface area contributed by atoms with Crippen LogP contribution in [0.25, 0.3) is 22.1 Å². The Balaban J connectivity index is 1.73. The number of rotatable bonds is 8. The van der Waals surface area contributed by atoms with Crippen molar-refractivity contribution >= 4 is 16.9 Å². The third-order valence-electron chi connectivity index (χ3n) is 5.38. The first-order chi connectivity index (χ1) is 16.8. The Morgan fingerprint density at radius 2 is 1.94 bits per heavy atom. The highest BCUT2D eigenvalue weighted by molar-refractivity contribution is 5.95. The van der Waals surface area contributed by atoms with E-state index in [1.165, 1.54) is 6.07 Å². The first kappa shape index (κ1) is 24.3. The van der Waals surface area contributed by atoms with E-state index in [4.69, 9.17) is 19.6 Å². The number of nitrogens with two attached hydrogens (primary N) is 1. The monoisotopic (exact) mass is 484 g/mol. The first-order valence-corrected chi connectivity index (χ1v) is 10.9. The predicted octanol–water partition coefficient (Wildman–Crippen LogP) is 5.66. The Morgan fingerprint density at radius 3 is 2.69 bits per heavy atom. The summed E-state index contributed by atoms with van der Waals surface area (Å²) < 4.78 is 57.3. The number of hydrogen-bond acceptors (Lipinski definition) is 6. The second kappa shape index (κ2) is 10.2. The van der Waals surface area contributed by atoms with Gasteiger partial charge in [-0.1, -0.05) is 18.2 Å². The molecule has 0 fully saturated rings. The van der Waals surface area contributed by atoms with Gasteiger partial charge in [-0.15, -0.1) is 0 Å². The predicted molar refractivity (Wildman–Crippen MR) is 123 cm³/mol. The van der Waals surface area contributed by atoms with Crippen molar-refractivity contribution in [2.75, 3.05) is 6.61 Å². The number of carbonyl (C=O) groups excluding carboxylic acids is 1. The fourth-order valence-electron chi connectivity index (χ4n) is 3.79. The van der Waals surface area contributed by atoms with Crippen LogP contribution in [0, 0.1) is 0 Å². The highest BCUT2D eigenvalue weighted by Crippen LogP contribution is 2.40. The van der Waals surface area contributed by atoms with Crippen molar-refractivity contribution in [1.82, 2.24) is 4.98 Å². The second-order valence-electron chi connectivity index (χ2n) is 7.79. The molecule has 0 aliphatic rings. The van der Waals surface area contributed by atoms with Crippen LogP contribution in [-0.4, -0.2) is 17.6 Å². The molecule has 2 aromatic carbocycles. The van der Waals surface area contributed by atoms with Gasteiger partial charge in [0, 0.05) is 29.3 Å². The van der Waals surface area contributed by atoms with Crippen molar-refractivity contribution in [3.63, 3.8) is 0 Å². The van der Waals surface area contributed by atoms with E-state index in [-0.39, 0.29) is 37.1 Å². The molecule has 0 amide bonds. The number of furan rings is 1. The standard InChI is InChI=1S/C26H23F3N2O4/c1-2-33-24(32)12-18-5-3-4-6-23(18)34-14-16-9-20(17-7-8-31-19(11-17)13-30)25-21(10-16)22(15-35-25)26(27,28)29/h3-11,15H,2,12-14,30H2,1H3. The molecule has 182 valence electrons. The fourth-order valence-corrected chi connectivity index (χ4v) is 3.79. The summed E-state index contributed by atoms with van der Waals surface area (Å²) in [6.07, 6.45) is -2.30. The van der Waals surface area contributed by atoms with Gasteiger partial charge < -0.3 is 19.6 Å². The molecule has 35 heavy (non-hydrogen) atoms. The van der Waals surface area contributed by atoms with Crippen LogP contribution in [0.1, 0.15) is 29.3 Å². The number of esters is 1. The zero-order valence-corrected chi connectivity index (χ0v) is 18.9. The fraction of sp³-hybridized carbons (Fsp3) is 0.231. The van der Waals surface area contributed by atoms with Gasteiger partial charge in [-0.3, -0.25) is 9.78 Å². The number of hydrogen-bond donors (Lipinski definition) is 1. The quantitative estimate of drug-likeness (QED) is 0.325. The number of aromatic nitrogens is 1. The van der Waals surface area contributed by atoms with Gasteiger partial charge in [-0.2, -0.15) is 13.2 Å². The normalized spacial score (nSPS) is 11.6. The minimum Gasteiger partial charge on any atom is -0.489 e. The number of fused-ring (bicyclic) bond motifs is 1. The summed E-state index contributed by atoms with van der Waals surface area (Å²) >= 11 is 0. The maximum atomic E-state index is 13.7. The molecule has 6 nitrogen and oxygen atoms in total. The van der Waals surface area contributed by atoms with E-state index in [2.05, 4.69) is 4.98 Å². The highest BCUT2D eigenvalue weighted by Gasteiger charge is 2.35. The molecule has 4 aromatic rings. The molecule has 0 saturated heterocycles. The van der Waals surface area contributed by atoms with E-state index in [0.717, 1.165) is 6.26 Å². The molecule has 0 unspecified atom stereocenters. The third kappa shape index (κ3) is 5.46. The first-order valence-electron chi connectivity index (χ1n) is 10.9. The minimum atomic E-state index is -4.59. The largest absolute Gasteiger partial charge is 0.489 e. The van der Waals surface area contributed by atoms with Gasteiger partial charge >= 0.3 is 12.1 Å². The molecule has 0 aliphatic carbocycles. The molecule has 0 saturated carbocycles. The van der Waals surface area contributed by atoms with Crippen LogP contribution in [0.3, 0.4) is 0 Å². The maximum Gasteiger partial charge on any atom is 0.420 e. The lowest BCUT2D eigenvalue weighted by molar-refractivity contribution is -0.142. The average Bonchev–Trinajstić information content (AvgIpc) is 3.28. The Kier molecular flexibility index (Phi) is 7.07. The SMILES string of the molecule is CCOC(=O)Cc1ccccc1OCc1cc(-c2ccnc(CN)c2)c2occ(C(F)(F)F)c2c1. The van der Waals surface area contributed by atoms with Crippen molar-refractivity contribution in [2.45, 2.75) is 32.7 Å². The maximum absolute atomic E-state index is 13.7. The lowest BCUT2D eigenvalue weighted by atomic mass is 9.99. The van der Waals surface area contributed by atoms with Crippen LogP contribution in [0.15, 0.2) is 65.4 Å². The van der Waals surface area contributed by atoms with Crippen LogP contribution in [-0.2, 0) is 35.3 Å². The average molecular weight is 484 g/mol. The van der Waals surface area contributed by atoms with E-state index in [9.17, 15) is 18.0 Å². The number of pyridine rings is 1. The van der Waals surface area contributed by atoms with Gasteiger partial charge in [0.05, 0.1) is 18.7 Å². The molecule has 0 radical (unpaired) electrons.